The first-order valence-electron chi connectivity index (χ1n) is 11.0. The Balaban J connectivity index is 1.41. The van der Waals surface area contributed by atoms with Crippen molar-refractivity contribution in [3.8, 4) is 0 Å². The summed E-state index contributed by atoms with van der Waals surface area (Å²) in [7, 11) is 0. The fourth-order valence-electron chi connectivity index (χ4n) is 6.28. The summed E-state index contributed by atoms with van der Waals surface area (Å²) in [4.78, 5) is 39.4. The second-order valence-corrected chi connectivity index (χ2v) is 9.77. The molecule has 160 valence electrons. The van der Waals surface area contributed by atoms with Gasteiger partial charge in [0.1, 0.15) is 6.04 Å². The summed E-state index contributed by atoms with van der Waals surface area (Å²) in [6.45, 7) is 3.16. The van der Waals surface area contributed by atoms with Crippen molar-refractivity contribution in [2.45, 2.75) is 64.3 Å². The van der Waals surface area contributed by atoms with Gasteiger partial charge in [-0.3, -0.25) is 14.4 Å². The molecule has 7 nitrogen and oxygen atoms in total. The second-order valence-electron chi connectivity index (χ2n) is 9.38. The molecule has 4 bridgehead atoms. The van der Waals surface area contributed by atoms with Gasteiger partial charge in [-0.1, -0.05) is 6.92 Å². The molecular formula is C21H31N3O4S. The van der Waals surface area contributed by atoms with E-state index in [1.54, 1.807) is 4.90 Å². The largest absolute Gasteiger partial charge is 0.466 e. The zero-order valence-electron chi connectivity index (χ0n) is 17.1. The molecule has 0 spiro atoms. The van der Waals surface area contributed by atoms with Crippen molar-refractivity contribution in [3.63, 3.8) is 0 Å². The van der Waals surface area contributed by atoms with Crippen LogP contribution < -0.4 is 10.6 Å². The highest BCUT2D eigenvalue weighted by molar-refractivity contribution is 7.80. The fourth-order valence-corrected chi connectivity index (χ4v) is 6.59. The van der Waals surface area contributed by atoms with Gasteiger partial charge in [0.05, 0.1) is 18.4 Å². The second kappa shape index (κ2) is 8.20. The number of nitrogens with one attached hydrogen (secondary N) is 2. The van der Waals surface area contributed by atoms with Crippen molar-refractivity contribution in [3.05, 3.63) is 0 Å². The van der Waals surface area contributed by atoms with Gasteiger partial charge in [-0.15, -0.1) is 0 Å². The molecule has 5 rings (SSSR count). The van der Waals surface area contributed by atoms with Gasteiger partial charge in [-0.05, 0) is 74.9 Å². The first kappa shape index (κ1) is 20.6. The summed E-state index contributed by atoms with van der Waals surface area (Å²) in [6.07, 6.45) is 7.34. The predicted octanol–water partition coefficient (Wildman–Crippen LogP) is 1.75. The van der Waals surface area contributed by atoms with Crippen molar-refractivity contribution in [1.29, 1.82) is 0 Å². The van der Waals surface area contributed by atoms with E-state index in [1.807, 2.05) is 6.92 Å². The van der Waals surface area contributed by atoms with Crippen molar-refractivity contribution in [1.82, 2.24) is 15.5 Å². The van der Waals surface area contributed by atoms with Crippen molar-refractivity contribution < 1.29 is 19.1 Å². The maximum Gasteiger partial charge on any atom is 0.308 e. The maximum atomic E-state index is 13.3. The first-order chi connectivity index (χ1) is 13.9. The summed E-state index contributed by atoms with van der Waals surface area (Å²) >= 11 is 5.54. The van der Waals surface area contributed by atoms with Crippen molar-refractivity contribution >= 4 is 35.1 Å². The molecule has 2 amide bonds. The van der Waals surface area contributed by atoms with Gasteiger partial charge >= 0.3 is 5.97 Å². The number of nitrogens with zero attached hydrogens (tertiary/aromatic N) is 1. The van der Waals surface area contributed by atoms with Crippen LogP contribution in [0.2, 0.25) is 0 Å². The lowest BCUT2D eigenvalue weighted by Crippen LogP contribution is -2.62. The molecule has 1 saturated heterocycles. The third kappa shape index (κ3) is 4.13. The molecule has 0 radical (unpaired) electrons. The summed E-state index contributed by atoms with van der Waals surface area (Å²) < 4.78 is 5.14. The Morgan fingerprint density at radius 2 is 1.83 bits per heavy atom. The zero-order valence-corrected chi connectivity index (χ0v) is 17.9. The number of hydrogen-bond donors (Lipinski definition) is 2. The number of carbonyl (C=O) groups excluding carboxylic acids is 3. The number of thiocarbonyl (C=S) groups is 1. The number of amides is 2. The minimum Gasteiger partial charge on any atom is -0.466 e. The van der Waals surface area contributed by atoms with Gasteiger partial charge in [0.15, 0.2) is 5.11 Å². The summed E-state index contributed by atoms with van der Waals surface area (Å²) in [5.41, 5.74) is -0.299. The number of hydrogen-bond acceptors (Lipinski definition) is 5. The van der Waals surface area contributed by atoms with Crippen LogP contribution in [0, 0.1) is 23.2 Å². The van der Waals surface area contributed by atoms with E-state index in [9.17, 15) is 14.4 Å². The molecule has 0 aromatic heterocycles. The third-order valence-corrected chi connectivity index (χ3v) is 7.50. The Kier molecular flexibility index (Phi) is 5.82. The van der Waals surface area contributed by atoms with Crippen LogP contribution in [0.1, 0.15) is 58.3 Å². The van der Waals surface area contributed by atoms with E-state index >= 15 is 0 Å². The van der Waals surface area contributed by atoms with E-state index in [4.69, 9.17) is 17.0 Å². The molecule has 29 heavy (non-hydrogen) atoms. The standard InChI is InChI=1S/C21H31N3O4S/c1-2-5-28-17(25)9-16-18(26)22-3-4-24(16)20(29)23-19(27)21-10-13-6-14(11-21)8-15(7-13)12-21/h13-16H,2-12H2,1H3,(H,22,26)(H,23,27,29). The Morgan fingerprint density at radius 1 is 1.21 bits per heavy atom. The van der Waals surface area contributed by atoms with Crippen LogP contribution in [0.5, 0.6) is 0 Å². The molecule has 1 atom stereocenters. The number of esters is 1. The SMILES string of the molecule is CCCOC(=O)CC1C(=O)NCCN1C(=S)NC(=O)C12CC3CC(CC(C3)C1)C2. The normalized spacial score (nSPS) is 35.2. The maximum absolute atomic E-state index is 13.3. The Hall–Kier alpha value is -1.70. The van der Waals surface area contributed by atoms with Crippen LogP contribution in [0.4, 0.5) is 0 Å². The predicted molar refractivity (Wildman–Crippen MR) is 111 cm³/mol. The number of piperazine rings is 1. The molecule has 0 aromatic carbocycles. The molecule has 1 unspecified atom stereocenters. The molecule has 1 heterocycles. The number of rotatable bonds is 5. The van der Waals surface area contributed by atoms with Gasteiger partial charge in [0, 0.05) is 13.1 Å². The number of carbonyl (C=O) groups is 3. The Morgan fingerprint density at radius 3 is 2.41 bits per heavy atom. The quantitative estimate of drug-likeness (QED) is 0.519. The monoisotopic (exact) mass is 421 g/mol. The highest BCUT2D eigenvalue weighted by Crippen LogP contribution is 2.60. The third-order valence-electron chi connectivity index (χ3n) is 7.16. The van der Waals surface area contributed by atoms with Crippen LogP contribution in [-0.2, 0) is 19.1 Å². The highest BCUT2D eigenvalue weighted by Gasteiger charge is 2.55. The highest BCUT2D eigenvalue weighted by atomic mass is 32.1. The topological polar surface area (TPSA) is 87.7 Å². The van der Waals surface area contributed by atoms with Gasteiger partial charge < -0.3 is 20.3 Å². The lowest BCUT2D eigenvalue weighted by Gasteiger charge is -2.55. The number of ether oxygens (including phenoxy) is 1. The van der Waals surface area contributed by atoms with Gasteiger partial charge in [0.2, 0.25) is 11.8 Å². The zero-order chi connectivity index (χ0) is 20.6. The van der Waals surface area contributed by atoms with Crippen molar-refractivity contribution in [2.75, 3.05) is 19.7 Å². The average molecular weight is 422 g/mol. The molecular weight excluding hydrogens is 390 g/mol. The molecule has 4 saturated carbocycles. The van der Waals surface area contributed by atoms with Crippen LogP contribution >= 0.6 is 12.2 Å². The minimum absolute atomic E-state index is 0.0138. The van der Waals surface area contributed by atoms with E-state index in [0.717, 1.165) is 25.7 Å². The van der Waals surface area contributed by atoms with Crippen LogP contribution in [-0.4, -0.2) is 53.5 Å². The lowest BCUT2D eigenvalue weighted by atomic mass is 9.49. The Labute approximate surface area is 177 Å². The molecule has 8 heteroatoms. The summed E-state index contributed by atoms with van der Waals surface area (Å²) in [6, 6.07) is -0.739. The van der Waals surface area contributed by atoms with Gasteiger partial charge in [-0.2, -0.15) is 0 Å². The van der Waals surface area contributed by atoms with Crippen LogP contribution in [0.15, 0.2) is 0 Å². The van der Waals surface area contributed by atoms with Gasteiger partial charge in [0.25, 0.3) is 0 Å². The summed E-state index contributed by atoms with van der Waals surface area (Å²) in [5, 5.41) is 6.00. The average Bonchev–Trinajstić information content (AvgIpc) is 2.66. The van der Waals surface area contributed by atoms with E-state index in [0.29, 0.717) is 37.5 Å². The first-order valence-corrected chi connectivity index (χ1v) is 11.4. The van der Waals surface area contributed by atoms with Crippen LogP contribution in [0.25, 0.3) is 0 Å². The minimum atomic E-state index is -0.739. The smallest absolute Gasteiger partial charge is 0.308 e. The Bertz CT molecular complexity index is 675. The van der Waals surface area contributed by atoms with Crippen LogP contribution in [0.3, 0.4) is 0 Å². The molecule has 1 aliphatic heterocycles. The van der Waals surface area contributed by atoms with Crippen molar-refractivity contribution in [2.24, 2.45) is 23.2 Å². The lowest BCUT2D eigenvalue weighted by molar-refractivity contribution is -0.147. The van der Waals surface area contributed by atoms with E-state index in [-0.39, 0.29) is 28.8 Å². The molecule has 4 aliphatic carbocycles. The van der Waals surface area contributed by atoms with E-state index < -0.39 is 12.0 Å². The summed E-state index contributed by atoms with van der Waals surface area (Å²) in [5.74, 6) is 1.34. The fraction of sp³-hybridized carbons (Fsp3) is 0.810. The van der Waals surface area contributed by atoms with E-state index in [2.05, 4.69) is 10.6 Å². The molecule has 2 N–H and O–H groups in total. The van der Waals surface area contributed by atoms with Gasteiger partial charge in [-0.25, -0.2) is 0 Å². The van der Waals surface area contributed by atoms with E-state index in [1.165, 1.54) is 19.3 Å². The molecule has 5 aliphatic rings. The molecule has 0 aromatic rings. The molecule has 5 fully saturated rings.